The largest absolute Gasteiger partial charge is 0.465 e. The first-order chi connectivity index (χ1) is 9.15. The van der Waals surface area contributed by atoms with E-state index in [0.29, 0.717) is 6.61 Å². The molecule has 0 heterocycles. The predicted octanol–water partition coefficient (Wildman–Crippen LogP) is 2.64. The lowest BCUT2D eigenvalue weighted by Gasteiger charge is -2.06. The number of ether oxygens (including phenoxy) is 1. The highest BCUT2D eigenvalue weighted by molar-refractivity contribution is 8.00. The second-order valence-electron chi connectivity index (χ2n) is 3.58. The van der Waals surface area contributed by atoms with Crippen LogP contribution in [-0.2, 0) is 14.3 Å². The molecule has 0 saturated heterocycles. The van der Waals surface area contributed by atoms with Crippen molar-refractivity contribution in [1.29, 1.82) is 0 Å². The van der Waals surface area contributed by atoms with Gasteiger partial charge in [-0.05, 0) is 31.4 Å². The van der Waals surface area contributed by atoms with Crippen LogP contribution in [0.25, 0.3) is 0 Å². The summed E-state index contributed by atoms with van der Waals surface area (Å²) in [4.78, 5) is 23.8. The Balaban J connectivity index is 2.32. The van der Waals surface area contributed by atoms with Gasteiger partial charge in [0.2, 0.25) is 5.91 Å². The quantitative estimate of drug-likeness (QED) is 0.619. The monoisotopic (exact) mass is 299 g/mol. The first kappa shape index (κ1) is 15.9. The van der Waals surface area contributed by atoms with Crippen LogP contribution in [0, 0.1) is 0 Å². The fourth-order valence-corrected chi connectivity index (χ4v) is 2.40. The molecule has 1 aromatic carbocycles. The molecule has 1 aromatic rings. The van der Waals surface area contributed by atoms with E-state index in [-0.39, 0.29) is 23.4 Å². The SMILES string of the molecule is CCOC(=O)CSCC(=O)Nc1cccc(SC)c1. The molecule has 0 aromatic heterocycles. The van der Waals surface area contributed by atoms with Crippen LogP contribution in [0.5, 0.6) is 0 Å². The van der Waals surface area contributed by atoms with Crippen molar-refractivity contribution < 1.29 is 14.3 Å². The standard InChI is InChI=1S/C13H17NO3S2/c1-3-17-13(16)9-19-8-12(15)14-10-5-4-6-11(7-10)18-2/h4-7H,3,8-9H2,1-2H3,(H,14,15). The number of hydrogen-bond acceptors (Lipinski definition) is 5. The van der Waals surface area contributed by atoms with Gasteiger partial charge in [0.25, 0.3) is 0 Å². The van der Waals surface area contributed by atoms with Crippen LogP contribution >= 0.6 is 23.5 Å². The highest BCUT2D eigenvalue weighted by Gasteiger charge is 2.06. The van der Waals surface area contributed by atoms with Crippen LogP contribution in [0.4, 0.5) is 5.69 Å². The maximum absolute atomic E-state index is 11.7. The zero-order valence-corrected chi connectivity index (χ0v) is 12.6. The van der Waals surface area contributed by atoms with Crippen molar-refractivity contribution in [3.8, 4) is 0 Å². The summed E-state index contributed by atoms with van der Waals surface area (Å²) in [7, 11) is 0. The maximum Gasteiger partial charge on any atom is 0.315 e. The zero-order chi connectivity index (χ0) is 14.1. The first-order valence-electron chi connectivity index (χ1n) is 5.83. The van der Waals surface area contributed by atoms with Crippen LogP contribution in [0.2, 0.25) is 0 Å². The number of carbonyl (C=O) groups excluding carboxylic acids is 2. The molecule has 0 radical (unpaired) electrons. The molecule has 0 spiro atoms. The molecule has 1 N–H and O–H groups in total. The summed E-state index contributed by atoms with van der Waals surface area (Å²) in [5.41, 5.74) is 0.772. The van der Waals surface area contributed by atoms with Gasteiger partial charge in [0.15, 0.2) is 0 Å². The number of carbonyl (C=O) groups is 2. The number of amides is 1. The van der Waals surface area contributed by atoms with Crippen LogP contribution in [0.1, 0.15) is 6.92 Å². The molecule has 0 aliphatic carbocycles. The van der Waals surface area contributed by atoms with Crippen molar-refractivity contribution in [3.05, 3.63) is 24.3 Å². The first-order valence-corrected chi connectivity index (χ1v) is 8.21. The van der Waals surface area contributed by atoms with Crippen LogP contribution in [-0.4, -0.2) is 36.2 Å². The van der Waals surface area contributed by atoms with Crippen molar-refractivity contribution in [2.75, 3.05) is 29.7 Å². The lowest BCUT2D eigenvalue weighted by molar-refractivity contribution is -0.139. The third-order valence-corrected chi connectivity index (χ3v) is 3.74. The average Bonchev–Trinajstić information content (AvgIpc) is 2.39. The van der Waals surface area contributed by atoms with Crippen LogP contribution in [0.15, 0.2) is 29.2 Å². The Morgan fingerprint density at radius 3 is 2.79 bits per heavy atom. The number of benzene rings is 1. The Bertz CT molecular complexity index is 438. The topological polar surface area (TPSA) is 55.4 Å². The highest BCUT2D eigenvalue weighted by Crippen LogP contribution is 2.19. The molecule has 0 atom stereocenters. The van der Waals surface area contributed by atoms with E-state index in [2.05, 4.69) is 5.32 Å². The van der Waals surface area contributed by atoms with Crippen molar-refractivity contribution in [2.45, 2.75) is 11.8 Å². The number of nitrogens with one attached hydrogen (secondary N) is 1. The van der Waals surface area contributed by atoms with E-state index in [9.17, 15) is 9.59 Å². The Kier molecular flexibility index (Phi) is 7.43. The molecule has 0 fully saturated rings. The van der Waals surface area contributed by atoms with Crippen molar-refractivity contribution in [1.82, 2.24) is 0 Å². The summed E-state index contributed by atoms with van der Waals surface area (Å²) in [6.07, 6.45) is 1.98. The average molecular weight is 299 g/mol. The van der Waals surface area contributed by atoms with Gasteiger partial charge in [-0.15, -0.1) is 23.5 Å². The van der Waals surface area contributed by atoms with E-state index in [4.69, 9.17) is 4.74 Å². The molecule has 6 heteroatoms. The predicted molar refractivity (Wildman–Crippen MR) is 80.8 cm³/mol. The van der Waals surface area contributed by atoms with Gasteiger partial charge in [-0.1, -0.05) is 6.07 Å². The molecule has 4 nitrogen and oxygen atoms in total. The van der Waals surface area contributed by atoms with E-state index < -0.39 is 0 Å². The molecule has 0 unspecified atom stereocenters. The van der Waals surface area contributed by atoms with Gasteiger partial charge >= 0.3 is 5.97 Å². The number of esters is 1. The third kappa shape index (κ3) is 6.54. The van der Waals surface area contributed by atoms with Crippen LogP contribution < -0.4 is 5.32 Å². The number of thioether (sulfide) groups is 2. The van der Waals surface area contributed by atoms with Crippen LogP contribution in [0.3, 0.4) is 0 Å². The summed E-state index contributed by atoms with van der Waals surface area (Å²) in [6, 6.07) is 7.63. The number of rotatable bonds is 7. The summed E-state index contributed by atoms with van der Waals surface area (Å²) in [6.45, 7) is 2.13. The normalized spacial score (nSPS) is 10.0. The second-order valence-corrected chi connectivity index (χ2v) is 5.44. The smallest absolute Gasteiger partial charge is 0.315 e. The van der Waals surface area contributed by atoms with E-state index in [0.717, 1.165) is 10.6 Å². The summed E-state index contributed by atoms with van der Waals surface area (Å²) in [5.74, 6) is 0.0336. The Morgan fingerprint density at radius 1 is 1.32 bits per heavy atom. The molecule has 0 saturated carbocycles. The van der Waals surface area contributed by atoms with Gasteiger partial charge < -0.3 is 10.1 Å². The minimum absolute atomic E-state index is 0.118. The second kappa shape index (κ2) is 8.87. The van der Waals surface area contributed by atoms with Crippen molar-refractivity contribution in [3.63, 3.8) is 0 Å². The molecular weight excluding hydrogens is 282 g/mol. The van der Waals surface area contributed by atoms with Crippen molar-refractivity contribution >= 4 is 41.1 Å². The zero-order valence-electron chi connectivity index (χ0n) is 11.0. The van der Waals surface area contributed by atoms with E-state index >= 15 is 0 Å². The summed E-state index contributed by atoms with van der Waals surface area (Å²) >= 11 is 2.87. The maximum atomic E-state index is 11.7. The van der Waals surface area contributed by atoms with Gasteiger partial charge in [-0.25, -0.2) is 0 Å². The molecule has 0 aliphatic heterocycles. The Morgan fingerprint density at radius 2 is 2.11 bits per heavy atom. The van der Waals surface area contributed by atoms with E-state index in [1.165, 1.54) is 11.8 Å². The van der Waals surface area contributed by atoms with Gasteiger partial charge in [0.05, 0.1) is 18.1 Å². The minimum atomic E-state index is -0.287. The molecule has 19 heavy (non-hydrogen) atoms. The van der Waals surface area contributed by atoms with E-state index in [1.807, 2.05) is 30.5 Å². The molecule has 0 aliphatic rings. The fourth-order valence-electron chi connectivity index (χ4n) is 1.33. The van der Waals surface area contributed by atoms with Gasteiger partial charge in [-0.2, -0.15) is 0 Å². The van der Waals surface area contributed by atoms with Gasteiger partial charge in [0.1, 0.15) is 0 Å². The summed E-state index contributed by atoms with van der Waals surface area (Å²) in [5, 5.41) is 2.80. The fraction of sp³-hybridized carbons (Fsp3) is 0.385. The Labute approximate surface area is 121 Å². The van der Waals surface area contributed by atoms with Crippen molar-refractivity contribution in [2.24, 2.45) is 0 Å². The molecule has 104 valence electrons. The molecule has 1 amide bonds. The lowest BCUT2D eigenvalue weighted by atomic mass is 10.3. The summed E-state index contributed by atoms with van der Waals surface area (Å²) < 4.78 is 4.78. The van der Waals surface area contributed by atoms with Gasteiger partial charge in [-0.3, -0.25) is 9.59 Å². The van der Waals surface area contributed by atoms with E-state index in [1.54, 1.807) is 18.7 Å². The minimum Gasteiger partial charge on any atom is -0.465 e. The number of hydrogen-bond donors (Lipinski definition) is 1. The third-order valence-electron chi connectivity index (χ3n) is 2.11. The number of anilines is 1. The Hall–Kier alpha value is -1.14. The lowest BCUT2D eigenvalue weighted by Crippen LogP contribution is -2.16. The molecular formula is C13H17NO3S2. The molecule has 1 rings (SSSR count). The molecule has 0 bridgehead atoms. The highest BCUT2D eigenvalue weighted by atomic mass is 32.2. The van der Waals surface area contributed by atoms with Gasteiger partial charge in [0, 0.05) is 10.6 Å².